The topological polar surface area (TPSA) is 55.8 Å². The molecule has 0 bridgehead atoms. The van der Waals surface area contributed by atoms with Gasteiger partial charge >= 0.3 is 0 Å². The summed E-state index contributed by atoms with van der Waals surface area (Å²) in [6, 6.07) is 42.5. The first-order valence-corrected chi connectivity index (χ1v) is 21.3. The first kappa shape index (κ1) is 37.7. The van der Waals surface area contributed by atoms with Crippen molar-refractivity contribution in [1.29, 1.82) is 0 Å². The molecule has 0 saturated heterocycles. The van der Waals surface area contributed by atoms with E-state index < -0.39 is 22.2 Å². The highest BCUT2D eigenvalue weighted by Crippen LogP contribution is 2.38. The number of ketones is 1. The van der Waals surface area contributed by atoms with E-state index in [1.165, 1.54) is 20.7 Å². The molecule has 4 aromatic carbocycles. The smallest absolute Gasteiger partial charge is 0.261 e. The van der Waals surface area contributed by atoms with Crippen molar-refractivity contribution in [2.45, 2.75) is 96.2 Å². The first-order chi connectivity index (χ1) is 22.8. The standard InChI is InChI=1S/C42H56O4Si2/c1-35(43)34-42(44,30-20-32-45-47(40(2,3)4,36-22-12-8-13-23-36)37-24-14-9-15-25-37)31-21-33-46-48(41(5,6)7,38-26-16-10-17-27-38)39-28-18-11-19-29-39/h8-19,22-29,44H,20-21,30-34H2,1-7H3. The largest absolute Gasteiger partial charge is 0.407 e. The summed E-state index contributed by atoms with van der Waals surface area (Å²) >= 11 is 0. The van der Waals surface area contributed by atoms with Crippen molar-refractivity contribution in [3.8, 4) is 0 Å². The Kier molecular flexibility index (Phi) is 12.6. The van der Waals surface area contributed by atoms with Crippen molar-refractivity contribution in [3.05, 3.63) is 121 Å². The van der Waals surface area contributed by atoms with E-state index in [4.69, 9.17) is 8.85 Å². The number of carbonyl (C=O) groups excluding carboxylic acids is 1. The molecule has 0 atom stereocenters. The van der Waals surface area contributed by atoms with E-state index >= 15 is 0 Å². The van der Waals surface area contributed by atoms with Gasteiger partial charge in [0, 0.05) is 19.6 Å². The summed E-state index contributed by atoms with van der Waals surface area (Å²) in [6.07, 6.45) is 2.42. The predicted octanol–water partition coefficient (Wildman–Crippen LogP) is 7.41. The van der Waals surface area contributed by atoms with Crippen LogP contribution in [0.3, 0.4) is 0 Å². The summed E-state index contributed by atoms with van der Waals surface area (Å²) in [6.45, 7) is 16.2. The molecule has 0 aromatic heterocycles. The molecule has 0 saturated carbocycles. The lowest BCUT2D eigenvalue weighted by molar-refractivity contribution is -0.122. The van der Waals surface area contributed by atoms with Gasteiger partial charge in [0.2, 0.25) is 0 Å². The molecule has 0 aliphatic rings. The van der Waals surface area contributed by atoms with Gasteiger partial charge in [0.25, 0.3) is 16.6 Å². The lowest BCUT2D eigenvalue weighted by atomic mass is 9.87. The van der Waals surface area contributed by atoms with E-state index in [9.17, 15) is 9.90 Å². The highest BCUT2D eigenvalue weighted by Gasteiger charge is 2.51. The molecule has 0 fully saturated rings. The maximum atomic E-state index is 12.4. The average Bonchev–Trinajstić information content (AvgIpc) is 3.05. The number of rotatable bonds is 16. The second-order valence-electron chi connectivity index (χ2n) is 15.3. The third kappa shape index (κ3) is 8.53. The molecule has 4 nitrogen and oxygen atoms in total. The van der Waals surface area contributed by atoms with Crippen LogP contribution in [0.4, 0.5) is 0 Å². The Balaban J connectivity index is 1.50. The van der Waals surface area contributed by atoms with Crippen LogP contribution in [-0.4, -0.2) is 46.3 Å². The molecule has 0 radical (unpaired) electrons. The molecule has 0 aliphatic heterocycles. The van der Waals surface area contributed by atoms with Gasteiger partial charge in [-0.2, -0.15) is 0 Å². The first-order valence-electron chi connectivity index (χ1n) is 17.5. The van der Waals surface area contributed by atoms with Gasteiger partial charge in [-0.15, -0.1) is 0 Å². The Hall–Kier alpha value is -3.14. The van der Waals surface area contributed by atoms with Crippen molar-refractivity contribution in [1.82, 2.24) is 0 Å². The molecule has 48 heavy (non-hydrogen) atoms. The van der Waals surface area contributed by atoms with Crippen LogP contribution in [0.25, 0.3) is 0 Å². The van der Waals surface area contributed by atoms with Crippen LogP contribution in [-0.2, 0) is 13.6 Å². The molecule has 0 amide bonds. The van der Waals surface area contributed by atoms with Crippen molar-refractivity contribution in [2.24, 2.45) is 0 Å². The number of Topliss-reactive ketones (excluding diaryl/α,β-unsaturated/α-hetero) is 1. The summed E-state index contributed by atoms with van der Waals surface area (Å²) in [5, 5.41) is 16.6. The van der Waals surface area contributed by atoms with E-state index in [1.807, 2.05) is 0 Å². The molecule has 4 aromatic rings. The van der Waals surface area contributed by atoms with Gasteiger partial charge < -0.3 is 14.0 Å². The highest BCUT2D eigenvalue weighted by atomic mass is 28.4. The second-order valence-corrected chi connectivity index (χ2v) is 23.9. The number of aliphatic hydroxyl groups is 1. The molecule has 6 heteroatoms. The molecule has 256 valence electrons. The number of carbonyl (C=O) groups is 1. The monoisotopic (exact) mass is 680 g/mol. The van der Waals surface area contributed by atoms with Gasteiger partial charge in [-0.3, -0.25) is 4.79 Å². The molecular formula is C42H56O4Si2. The summed E-state index contributed by atoms with van der Waals surface area (Å²) in [4.78, 5) is 12.4. The average molecular weight is 681 g/mol. The third-order valence-corrected chi connectivity index (χ3v) is 19.7. The van der Waals surface area contributed by atoms with Crippen LogP contribution in [0.2, 0.25) is 10.1 Å². The van der Waals surface area contributed by atoms with Crippen molar-refractivity contribution in [3.63, 3.8) is 0 Å². The van der Waals surface area contributed by atoms with Crippen molar-refractivity contribution >= 4 is 43.2 Å². The van der Waals surface area contributed by atoms with Gasteiger partial charge in [-0.1, -0.05) is 163 Å². The van der Waals surface area contributed by atoms with Crippen LogP contribution in [0.1, 0.15) is 80.6 Å². The third-order valence-electron chi connectivity index (χ3n) is 9.62. The molecule has 1 N–H and O–H groups in total. The van der Waals surface area contributed by atoms with Gasteiger partial charge in [0.15, 0.2) is 0 Å². The lowest BCUT2D eigenvalue weighted by Gasteiger charge is -2.43. The lowest BCUT2D eigenvalue weighted by Crippen LogP contribution is -2.66. The zero-order valence-electron chi connectivity index (χ0n) is 30.2. The number of hydrogen-bond acceptors (Lipinski definition) is 4. The normalized spacial score (nSPS) is 13.0. The summed E-state index contributed by atoms with van der Waals surface area (Å²) < 4.78 is 14.2. The summed E-state index contributed by atoms with van der Waals surface area (Å²) in [5.74, 6) is -0.00157. The molecule has 4 rings (SSSR count). The minimum atomic E-state index is -2.68. The van der Waals surface area contributed by atoms with E-state index in [-0.39, 0.29) is 22.3 Å². The van der Waals surface area contributed by atoms with Crippen LogP contribution < -0.4 is 20.7 Å². The zero-order chi connectivity index (χ0) is 34.9. The van der Waals surface area contributed by atoms with Crippen LogP contribution in [0, 0.1) is 0 Å². The fraction of sp³-hybridized carbons (Fsp3) is 0.405. The summed E-state index contributed by atoms with van der Waals surface area (Å²) in [7, 11) is -5.35. The zero-order valence-corrected chi connectivity index (χ0v) is 32.2. The van der Waals surface area contributed by atoms with Crippen LogP contribution in [0.5, 0.6) is 0 Å². The SMILES string of the molecule is CC(=O)CC(O)(CCCO[Si](c1ccccc1)(c1ccccc1)C(C)(C)C)CCCO[Si](c1ccccc1)(c1ccccc1)C(C)(C)C. The number of benzene rings is 4. The number of hydrogen-bond donors (Lipinski definition) is 1. The van der Waals surface area contributed by atoms with Gasteiger partial charge in [-0.25, -0.2) is 0 Å². The van der Waals surface area contributed by atoms with E-state index in [1.54, 1.807) is 6.92 Å². The predicted molar refractivity (Wildman–Crippen MR) is 206 cm³/mol. The quantitative estimate of drug-likeness (QED) is 0.0990. The molecule has 0 unspecified atom stereocenters. The molecule has 0 heterocycles. The van der Waals surface area contributed by atoms with Crippen molar-refractivity contribution in [2.75, 3.05) is 13.2 Å². The van der Waals surface area contributed by atoms with Gasteiger partial charge in [0.05, 0.1) is 5.60 Å². The Morgan fingerprint density at radius 3 is 1.04 bits per heavy atom. The fourth-order valence-corrected chi connectivity index (χ4v) is 16.8. The minimum absolute atomic E-state index is 0.00157. The van der Waals surface area contributed by atoms with Crippen LogP contribution in [0.15, 0.2) is 121 Å². The summed E-state index contributed by atoms with van der Waals surface area (Å²) in [5.41, 5.74) is -1.12. The Morgan fingerprint density at radius 2 is 0.812 bits per heavy atom. The maximum absolute atomic E-state index is 12.4. The van der Waals surface area contributed by atoms with E-state index in [0.717, 1.165) is 0 Å². The van der Waals surface area contributed by atoms with Gasteiger partial charge in [0.1, 0.15) is 5.78 Å². The van der Waals surface area contributed by atoms with Gasteiger partial charge in [-0.05, 0) is 63.4 Å². The van der Waals surface area contributed by atoms with E-state index in [2.05, 4.69) is 163 Å². The molecule has 0 spiro atoms. The fourth-order valence-electron chi connectivity index (χ4n) is 7.54. The van der Waals surface area contributed by atoms with Crippen LogP contribution >= 0.6 is 0 Å². The second kappa shape index (κ2) is 16.0. The maximum Gasteiger partial charge on any atom is 0.261 e. The highest BCUT2D eigenvalue weighted by molar-refractivity contribution is 7.00. The minimum Gasteiger partial charge on any atom is -0.407 e. The Morgan fingerprint density at radius 1 is 0.542 bits per heavy atom. The Bertz CT molecular complexity index is 1360. The molecule has 0 aliphatic carbocycles. The van der Waals surface area contributed by atoms with Crippen molar-refractivity contribution < 1.29 is 18.8 Å². The van der Waals surface area contributed by atoms with E-state index in [0.29, 0.717) is 38.9 Å². The molecular weight excluding hydrogens is 625 g/mol. The Labute approximate surface area is 291 Å².